The Balaban J connectivity index is 1.34. The van der Waals surface area contributed by atoms with Crippen LogP contribution in [0.1, 0.15) is 5.56 Å². The molecule has 0 bridgehead atoms. The highest BCUT2D eigenvalue weighted by atomic mass is 16.5. The topological polar surface area (TPSA) is 163 Å². The van der Waals surface area contributed by atoms with E-state index in [1.807, 2.05) is 67.6 Å². The third kappa shape index (κ3) is 4.50. The summed E-state index contributed by atoms with van der Waals surface area (Å²) in [5.41, 5.74) is 0.622. The molecule has 0 unspecified atom stereocenters. The summed E-state index contributed by atoms with van der Waals surface area (Å²) in [6.07, 6.45) is -1.07. The summed E-state index contributed by atoms with van der Waals surface area (Å²) < 4.78 is 8.38. The number of hydrogen-bond donors (Lipinski definition) is 4. The van der Waals surface area contributed by atoms with E-state index in [-0.39, 0.29) is 41.8 Å². The van der Waals surface area contributed by atoms with Crippen molar-refractivity contribution >= 4 is 44.5 Å². The molecule has 40 heavy (non-hydrogen) atoms. The number of imidazole rings is 1. The lowest BCUT2D eigenvalue weighted by molar-refractivity contribution is 0.0938. The van der Waals surface area contributed by atoms with Crippen molar-refractivity contribution in [1.82, 2.24) is 24.1 Å². The number of nitrogens with one attached hydrogen (secondary N) is 2. The largest absolute Gasteiger partial charge is 0.493 e. The molecule has 0 spiro atoms. The van der Waals surface area contributed by atoms with Crippen molar-refractivity contribution in [2.24, 2.45) is 17.3 Å². The maximum atomic E-state index is 12.8. The molecule has 4 N–H and O–H groups in total. The molecule has 6 aromatic rings. The Labute approximate surface area is 225 Å². The van der Waals surface area contributed by atoms with Gasteiger partial charge in [-0.05, 0) is 42.0 Å². The average Bonchev–Trinajstić information content (AvgIpc) is 3.45. The van der Waals surface area contributed by atoms with Gasteiger partial charge in [-0.2, -0.15) is 4.98 Å². The minimum absolute atomic E-state index is 0.0344. The second-order valence-corrected chi connectivity index (χ2v) is 9.56. The van der Waals surface area contributed by atoms with E-state index in [4.69, 9.17) is 4.74 Å². The molecule has 3 aromatic heterocycles. The second kappa shape index (κ2) is 9.82. The zero-order valence-corrected chi connectivity index (χ0v) is 21.6. The molecular formula is C28H25N7O5. The highest BCUT2D eigenvalue weighted by Gasteiger charge is 2.21. The molecule has 0 radical (unpaired) electrons. The van der Waals surface area contributed by atoms with Crippen LogP contribution < -0.4 is 16.0 Å². The van der Waals surface area contributed by atoms with Gasteiger partial charge in [0.2, 0.25) is 5.88 Å². The third-order valence-electron chi connectivity index (χ3n) is 6.69. The van der Waals surface area contributed by atoms with Crippen LogP contribution in [-0.2, 0) is 13.6 Å². The number of H-pyrrole nitrogens is 2. The summed E-state index contributed by atoms with van der Waals surface area (Å²) in [5, 5.41) is 32.5. The molecule has 0 fully saturated rings. The molecule has 0 aliphatic carbocycles. The molecule has 0 aliphatic heterocycles. The van der Waals surface area contributed by atoms with E-state index in [1.54, 1.807) is 0 Å². The molecular weight excluding hydrogens is 514 g/mol. The molecule has 3 aromatic carbocycles. The highest BCUT2D eigenvalue weighted by Crippen LogP contribution is 2.37. The zero-order chi connectivity index (χ0) is 28.0. The number of aromatic hydroxyl groups is 1. The zero-order valence-electron chi connectivity index (χ0n) is 21.6. The molecule has 1 atom stereocenters. The first-order valence-electron chi connectivity index (χ1n) is 12.5. The Kier molecular flexibility index (Phi) is 6.15. The van der Waals surface area contributed by atoms with Crippen molar-refractivity contribution < 1.29 is 14.9 Å². The maximum Gasteiger partial charge on any atom is 0.329 e. The van der Waals surface area contributed by atoms with Crippen LogP contribution in [0.4, 0.5) is 11.6 Å². The number of aliphatic hydroxyl groups is 1. The van der Waals surface area contributed by atoms with Crippen molar-refractivity contribution in [3.63, 3.8) is 0 Å². The molecule has 12 nitrogen and oxygen atoms in total. The van der Waals surface area contributed by atoms with Gasteiger partial charge in [-0.15, -0.1) is 10.2 Å². The lowest BCUT2D eigenvalue weighted by Gasteiger charge is -2.14. The van der Waals surface area contributed by atoms with E-state index < -0.39 is 17.4 Å². The van der Waals surface area contributed by atoms with Crippen molar-refractivity contribution in [2.45, 2.75) is 19.6 Å². The summed E-state index contributed by atoms with van der Waals surface area (Å²) in [4.78, 5) is 34.5. The summed E-state index contributed by atoms with van der Waals surface area (Å²) >= 11 is 0. The van der Waals surface area contributed by atoms with Gasteiger partial charge < -0.3 is 19.9 Å². The van der Waals surface area contributed by atoms with E-state index in [2.05, 4.69) is 25.2 Å². The second-order valence-electron chi connectivity index (χ2n) is 9.56. The van der Waals surface area contributed by atoms with Crippen LogP contribution in [0.5, 0.6) is 11.6 Å². The number of nitrogens with zero attached hydrogens (tertiary/aromatic N) is 5. The number of ether oxygens (including phenoxy) is 1. The van der Waals surface area contributed by atoms with Crippen LogP contribution in [-0.4, -0.2) is 47.0 Å². The first-order chi connectivity index (χ1) is 19.3. The maximum absolute atomic E-state index is 12.8. The molecule has 0 saturated carbocycles. The SMILES string of the molecule is Cc1ccc2[nH]c(O)c(N=Nc3nc4c(c(=O)[nH]c(=O)n4C)n3C[C@H](O)COc3ccc4ccccc4c3)c2c1. The highest BCUT2D eigenvalue weighted by molar-refractivity contribution is 5.94. The summed E-state index contributed by atoms with van der Waals surface area (Å²) in [7, 11) is 1.46. The lowest BCUT2D eigenvalue weighted by Crippen LogP contribution is -2.30. The third-order valence-corrected chi connectivity index (χ3v) is 6.69. The number of aromatic amines is 2. The quantitative estimate of drug-likeness (QED) is 0.225. The summed E-state index contributed by atoms with van der Waals surface area (Å²) in [5.74, 6) is 0.368. The number of aryl methyl sites for hydroxylation is 2. The van der Waals surface area contributed by atoms with Crippen LogP contribution >= 0.6 is 0 Å². The van der Waals surface area contributed by atoms with Gasteiger partial charge >= 0.3 is 5.69 Å². The number of azo groups is 1. The lowest BCUT2D eigenvalue weighted by atomic mass is 10.1. The fraction of sp³-hybridized carbons (Fsp3) is 0.179. The van der Waals surface area contributed by atoms with Crippen LogP contribution in [0.25, 0.3) is 32.8 Å². The first-order valence-corrected chi connectivity index (χ1v) is 12.5. The number of benzene rings is 3. The van der Waals surface area contributed by atoms with E-state index in [1.165, 1.54) is 16.2 Å². The van der Waals surface area contributed by atoms with Gasteiger partial charge in [0.05, 0.1) is 12.1 Å². The van der Waals surface area contributed by atoms with Gasteiger partial charge in [0.25, 0.3) is 11.5 Å². The van der Waals surface area contributed by atoms with Gasteiger partial charge in [-0.3, -0.25) is 18.9 Å². The van der Waals surface area contributed by atoms with Gasteiger partial charge in [-0.25, -0.2) is 4.79 Å². The molecule has 202 valence electrons. The molecule has 12 heteroatoms. The predicted molar refractivity (Wildman–Crippen MR) is 150 cm³/mol. The van der Waals surface area contributed by atoms with Gasteiger partial charge in [0, 0.05) is 12.4 Å². The Morgan fingerprint density at radius 1 is 1.02 bits per heavy atom. The molecule has 0 amide bonds. The minimum Gasteiger partial charge on any atom is -0.493 e. The van der Waals surface area contributed by atoms with E-state index >= 15 is 0 Å². The van der Waals surface area contributed by atoms with Gasteiger partial charge in [0.15, 0.2) is 16.9 Å². The Hall–Kier alpha value is -5.23. The molecule has 6 rings (SSSR count). The molecule has 3 heterocycles. The number of rotatable bonds is 7. The standard InChI is InChI=1S/C28H25N7O5/c1-15-7-10-21-20(11-15)22(25(37)29-21)32-33-27-30-24-23(26(38)31-28(39)34(24)2)35(27)13-18(36)14-40-19-9-8-16-5-3-4-6-17(16)12-19/h3-12,18,29,36-37H,13-14H2,1-2H3,(H,31,38,39)/t18-/m0/s1. The van der Waals surface area contributed by atoms with Crippen LogP contribution in [0, 0.1) is 6.92 Å². The first kappa shape index (κ1) is 25.1. The van der Waals surface area contributed by atoms with Crippen molar-refractivity contribution in [2.75, 3.05) is 6.61 Å². The number of fused-ring (bicyclic) bond motifs is 3. The number of aliphatic hydroxyl groups excluding tert-OH is 1. The van der Waals surface area contributed by atoms with Crippen molar-refractivity contribution in [3.05, 3.63) is 87.1 Å². The van der Waals surface area contributed by atoms with Crippen LogP contribution in [0.3, 0.4) is 0 Å². The fourth-order valence-electron chi connectivity index (χ4n) is 4.66. The predicted octanol–water partition coefficient (Wildman–Crippen LogP) is 3.93. The van der Waals surface area contributed by atoms with Crippen LogP contribution in [0.15, 0.2) is 80.5 Å². The van der Waals surface area contributed by atoms with Crippen molar-refractivity contribution in [3.8, 4) is 11.6 Å². The van der Waals surface area contributed by atoms with E-state index in [0.717, 1.165) is 16.3 Å². The monoisotopic (exact) mass is 539 g/mol. The Morgan fingerprint density at radius 3 is 2.65 bits per heavy atom. The fourth-order valence-corrected chi connectivity index (χ4v) is 4.66. The van der Waals surface area contributed by atoms with Crippen LogP contribution in [0.2, 0.25) is 0 Å². The Bertz CT molecular complexity index is 2050. The van der Waals surface area contributed by atoms with Gasteiger partial charge in [-0.1, -0.05) is 42.0 Å². The summed E-state index contributed by atoms with van der Waals surface area (Å²) in [6, 6.07) is 19.0. The number of aromatic nitrogens is 5. The summed E-state index contributed by atoms with van der Waals surface area (Å²) in [6.45, 7) is 1.71. The van der Waals surface area contributed by atoms with E-state index in [0.29, 0.717) is 16.7 Å². The van der Waals surface area contributed by atoms with Gasteiger partial charge in [0.1, 0.15) is 18.5 Å². The smallest absolute Gasteiger partial charge is 0.329 e. The average molecular weight is 540 g/mol. The minimum atomic E-state index is -1.07. The molecule has 0 saturated heterocycles. The normalized spacial score (nSPS) is 12.7. The van der Waals surface area contributed by atoms with Crippen molar-refractivity contribution in [1.29, 1.82) is 0 Å². The Morgan fingerprint density at radius 2 is 1.82 bits per heavy atom. The number of hydrogen-bond acceptors (Lipinski definition) is 8. The van der Waals surface area contributed by atoms with E-state index in [9.17, 15) is 19.8 Å². The molecule has 0 aliphatic rings.